The van der Waals surface area contributed by atoms with Crippen molar-refractivity contribution in [2.75, 3.05) is 15.8 Å². The predicted octanol–water partition coefficient (Wildman–Crippen LogP) is 0.497. The number of carbonyl (C=O) groups is 1. The SMILES string of the molecule is CCS(=O)(=O)Nc1ncc(C(F)(F)F)cc1NC(=O)C1CCCCC1.[H-].[Na+]. The minimum absolute atomic E-state index is 0. The van der Waals surface area contributed by atoms with Crippen LogP contribution in [0.1, 0.15) is 46.0 Å². The zero-order valence-electron chi connectivity index (χ0n) is 15.7. The number of nitrogens with one attached hydrogen (secondary N) is 2. The van der Waals surface area contributed by atoms with Gasteiger partial charge < -0.3 is 6.74 Å². The molecule has 2 rings (SSSR count). The maximum atomic E-state index is 12.9. The summed E-state index contributed by atoms with van der Waals surface area (Å²) in [5.41, 5.74) is -1.35. The molecule has 1 aromatic heterocycles. The molecule has 0 aromatic carbocycles. The van der Waals surface area contributed by atoms with E-state index in [9.17, 15) is 26.4 Å². The zero-order chi connectivity index (χ0) is 18.7. The topological polar surface area (TPSA) is 88.2 Å². The normalized spacial score (nSPS) is 15.8. The number of hydrogen-bond donors (Lipinski definition) is 2. The van der Waals surface area contributed by atoms with Crippen molar-refractivity contribution >= 4 is 27.4 Å². The molecular formula is C15H21F3N3NaO3S. The van der Waals surface area contributed by atoms with E-state index < -0.39 is 27.7 Å². The second-order valence-corrected chi connectivity index (χ2v) is 7.96. The van der Waals surface area contributed by atoms with E-state index in [1.165, 1.54) is 6.92 Å². The van der Waals surface area contributed by atoms with Gasteiger partial charge in [0.25, 0.3) is 0 Å². The molecule has 1 aliphatic carbocycles. The molecule has 0 bridgehead atoms. The van der Waals surface area contributed by atoms with Crippen LogP contribution >= 0.6 is 0 Å². The van der Waals surface area contributed by atoms with Crippen molar-refractivity contribution in [1.82, 2.24) is 4.98 Å². The average molecular weight is 403 g/mol. The summed E-state index contributed by atoms with van der Waals surface area (Å²) in [6, 6.07) is 0.696. The van der Waals surface area contributed by atoms with Crippen LogP contribution in [0, 0.1) is 5.92 Å². The maximum Gasteiger partial charge on any atom is 1.00 e. The second-order valence-electron chi connectivity index (χ2n) is 5.95. The molecule has 6 nitrogen and oxygen atoms in total. The van der Waals surface area contributed by atoms with Gasteiger partial charge in [0, 0.05) is 12.1 Å². The fourth-order valence-corrected chi connectivity index (χ4v) is 3.22. The van der Waals surface area contributed by atoms with Crippen LogP contribution in [0.3, 0.4) is 0 Å². The third-order valence-electron chi connectivity index (χ3n) is 4.08. The van der Waals surface area contributed by atoms with Gasteiger partial charge in [-0.3, -0.25) is 9.52 Å². The fourth-order valence-electron chi connectivity index (χ4n) is 2.62. The van der Waals surface area contributed by atoms with Gasteiger partial charge in [0.15, 0.2) is 5.82 Å². The van der Waals surface area contributed by atoms with Crippen LogP contribution in [0.4, 0.5) is 24.7 Å². The van der Waals surface area contributed by atoms with Crippen LogP contribution in [-0.4, -0.2) is 25.1 Å². The standard InChI is InChI=1S/C15H20F3N3O3S.Na.H/c1-2-25(23,24)21-13-12(8-11(9-19-13)15(16,17)18)20-14(22)10-6-4-3-5-7-10;;/h8-10H,2-7H2,1H3,(H,19,21)(H,20,22);;/q;+1;-1. The van der Waals surface area contributed by atoms with Gasteiger partial charge >= 0.3 is 35.7 Å². The molecule has 26 heavy (non-hydrogen) atoms. The Morgan fingerprint density at radius 3 is 2.46 bits per heavy atom. The van der Waals surface area contributed by atoms with Crippen molar-refractivity contribution in [2.24, 2.45) is 5.92 Å². The number of hydrogen-bond acceptors (Lipinski definition) is 4. The van der Waals surface area contributed by atoms with E-state index in [0.717, 1.165) is 19.3 Å². The Kier molecular flexibility index (Phi) is 8.37. The Labute approximate surface area is 174 Å². The molecule has 142 valence electrons. The Hall–Kier alpha value is -0.840. The maximum absolute atomic E-state index is 12.9. The molecule has 0 unspecified atom stereocenters. The molecule has 11 heteroatoms. The molecule has 1 fully saturated rings. The molecule has 2 N–H and O–H groups in total. The third kappa shape index (κ3) is 6.40. The molecule has 0 spiro atoms. The first-order valence-electron chi connectivity index (χ1n) is 8.01. The summed E-state index contributed by atoms with van der Waals surface area (Å²) in [6.45, 7) is 1.38. The van der Waals surface area contributed by atoms with Gasteiger partial charge in [-0.2, -0.15) is 13.2 Å². The van der Waals surface area contributed by atoms with E-state index in [1.807, 2.05) is 0 Å². The average Bonchev–Trinajstić information content (AvgIpc) is 2.56. The molecule has 0 atom stereocenters. The number of nitrogens with zero attached hydrogens (tertiary/aromatic N) is 1. The summed E-state index contributed by atoms with van der Waals surface area (Å²) >= 11 is 0. The predicted molar refractivity (Wildman–Crippen MR) is 88.6 cm³/mol. The van der Waals surface area contributed by atoms with Crippen molar-refractivity contribution in [2.45, 2.75) is 45.2 Å². The van der Waals surface area contributed by atoms with Crippen LogP contribution in [0.2, 0.25) is 0 Å². The van der Waals surface area contributed by atoms with Gasteiger partial charge in [-0.25, -0.2) is 13.4 Å². The van der Waals surface area contributed by atoms with Crippen molar-refractivity contribution in [3.8, 4) is 0 Å². The van der Waals surface area contributed by atoms with Gasteiger partial charge in [-0.05, 0) is 25.8 Å². The summed E-state index contributed by atoms with van der Waals surface area (Å²) in [4.78, 5) is 15.9. The number of alkyl halides is 3. The van der Waals surface area contributed by atoms with Crippen LogP contribution in [0.25, 0.3) is 0 Å². The number of sulfonamides is 1. The number of halogens is 3. The smallest absolute Gasteiger partial charge is 1.00 e. The van der Waals surface area contributed by atoms with E-state index in [2.05, 4.69) is 15.0 Å². The Morgan fingerprint density at radius 2 is 1.92 bits per heavy atom. The Balaban J connectivity index is 0.00000338. The number of anilines is 2. The quantitative estimate of drug-likeness (QED) is 0.701. The Bertz CT molecular complexity index is 742. The van der Waals surface area contributed by atoms with Gasteiger partial charge in [0.1, 0.15) is 0 Å². The van der Waals surface area contributed by atoms with E-state index in [1.54, 1.807) is 0 Å². The summed E-state index contributed by atoms with van der Waals surface area (Å²) in [5, 5.41) is 2.41. The Morgan fingerprint density at radius 1 is 1.31 bits per heavy atom. The van der Waals surface area contributed by atoms with Crippen LogP contribution in [0.15, 0.2) is 12.3 Å². The van der Waals surface area contributed by atoms with E-state index >= 15 is 0 Å². The second kappa shape index (κ2) is 9.38. The molecule has 1 aliphatic rings. The largest absolute Gasteiger partial charge is 1.00 e. The number of carbonyl (C=O) groups excluding carboxylic acids is 1. The minimum Gasteiger partial charge on any atom is -1.00 e. The number of pyridine rings is 1. The molecule has 1 saturated carbocycles. The van der Waals surface area contributed by atoms with Crippen LogP contribution < -0.4 is 39.6 Å². The van der Waals surface area contributed by atoms with Gasteiger partial charge in [-0.15, -0.1) is 0 Å². The molecule has 1 amide bonds. The minimum atomic E-state index is -4.65. The molecule has 0 saturated heterocycles. The fraction of sp³-hybridized carbons (Fsp3) is 0.600. The van der Waals surface area contributed by atoms with Crippen molar-refractivity contribution in [1.29, 1.82) is 0 Å². The number of rotatable bonds is 5. The number of aromatic nitrogens is 1. The molecule has 1 aromatic rings. The van der Waals surface area contributed by atoms with Gasteiger partial charge in [0.2, 0.25) is 15.9 Å². The summed E-state index contributed by atoms with van der Waals surface area (Å²) in [6.07, 6.45) is -0.00924. The van der Waals surface area contributed by atoms with Crippen molar-refractivity contribution in [3.63, 3.8) is 0 Å². The summed E-state index contributed by atoms with van der Waals surface area (Å²) < 4.78 is 64.2. The molecule has 0 radical (unpaired) electrons. The van der Waals surface area contributed by atoms with Crippen LogP contribution in [-0.2, 0) is 21.0 Å². The van der Waals surface area contributed by atoms with Gasteiger partial charge in [0.05, 0.1) is 17.0 Å². The summed E-state index contributed by atoms with van der Waals surface area (Å²) in [7, 11) is -3.75. The van der Waals surface area contributed by atoms with E-state index in [-0.39, 0.29) is 54.2 Å². The first-order chi connectivity index (χ1) is 11.6. The molecular weight excluding hydrogens is 382 g/mol. The van der Waals surface area contributed by atoms with Crippen LogP contribution in [0.5, 0.6) is 0 Å². The summed E-state index contributed by atoms with van der Waals surface area (Å²) in [5.74, 6) is -1.30. The number of amides is 1. The molecule has 0 aliphatic heterocycles. The monoisotopic (exact) mass is 403 g/mol. The van der Waals surface area contributed by atoms with Gasteiger partial charge in [-0.1, -0.05) is 19.3 Å². The molecule has 1 heterocycles. The van der Waals surface area contributed by atoms with Crippen molar-refractivity contribution < 1.29 is 57.4 Å². The third-order valence-corrected chi connectivity index (χ3v) is 5.35. The first-order valence-corrected chi connectivity index (χ1v) is 9.66. The van der Waals surface area contributed by atoms with E-state index in [4.69, 9.17) is 0 Å². The zero-order valence-corrected chi connectivity index (χ0v) is 17.5. The first kappa shape index (κ1) is 23.2. The van der Waals surface area contributed by atoms with E-state index in [0.29, 0.717) is 25.1 Å². The van der Waals surface area contributed by atoms with Crippen molar-refractivity contribution in [3.05, 3.63) is 17.8 Å².